The highest BCUT2D eigenvalue weighted by Crippen LogP contribution is 2.05. The molecule has 0 aromatic carbocycles. The highest BCUT2D eigenvalue weighted by atomic mass is 16.1. The second-order valence-corrected chi connectivity index (χ2v) is 4.28. The summed E-state index contributed by atoms with van der Waals surface area (Å²) in [6.07, 6.45) is 1.14. The van der Waals surface area contributed by atoms with Crippen LogP contribution in [0.2, 0.25) is 0 Å². The Balaban J connectivity index is 3.66. The van der Waals surface area contributed by atoms with Crippen molar-refractivity contribution >= 4 is 5.91 Å². The summed E-state index contributed by atoms with van der Waals surface area (Å²) in [5, 5.41) is 6.08. The quantitative estimate of drug-likeness (QED) is 0.683. The molecule has 2 atom stereocenters. The van der Waals surface area contributed by atoms with E-state index in [2.05, 4.69) is 31.4 Å². The zero-order valence-electron chi connectivity index (χ0n) is 10.1. The molecule has 0 bridgehead atoms. The summed E-state index contributed by atoms with van der Waals surface area (Å²) >= 11 is 0. The predicted molar refractivity (Wildman–Crippen MR) is 60.2 cm³/mol. The van der Waals surface area contributed by atoms with Crippen molar-refractivity contribution in [2.75, 3.05) is 6.54 Å². The molecule has 2 N–H and O–H groups in total. The van der Waals surface area contributed by atoms with E-state index in [9.17, 15) is 4.79 Å². The summed E-state index contributed by atoms with van der Waals surface area (Å²) in [7, 11) is 0. The second kappa shape index (κ2) is 6.82. The van der Waals surface area contributed by atoms with Gasteiger partial charge in [0, 0.05) is 12.1 Å². The molecule has 0 aliphatic heterocycles. The molecule has 0 saturated heterocycles. The van der Waals surface area contributed by atoms with E-state index in [1.165, 1.54) is 0 Å². The van der Waals surface area contributed by atoms with Crippen LogP contribution in [0.3, 0.4) is 0 Å². The van der Waals surface area contributed by atoms with E-state index >= 15 is 0 Å². The smallest absolute Gasteiger partial charge is 0.234 e. The average molecular weight is 200 g/mol. The molecule has 0 aromatic rings. The molecule has 3 nitrogen and oxygen atoms in total. The number of amides is 1. The van der Waals surface area contributed by atoms with Gasteiger partial charge in [-0.2, -0.15) is 0 Å². The average Bonchev–Trinajstić information content (AvgIpc) is 2.11. The molecule has 0 rings (SSSR count). The maximum Gasteiger partial charge on any atom is 0.234 e. The number of carbonyl (C=O) groups is 1. The predicted octanol–water partition coefficient (Wildman–Crippen LogP) is 1.54. The molecule has 0 saturated carbocycles. The van der Waals surface area contributed by atoms with Crippen molar-refractivity contribution in [3.05, 3.63) is 0 Å². The van der Waals surface area contributed by atoms with Crippen LogP contribution in [0.4, 0.5) is 0 Å². The monoisotopic (exact) mass is 200 g/mol. The van der Waals surface area contributed by atoms with Crippen molar-refractivity contribution in [1.29, 1.82) is 0 Å². The Kier molecular flexibility index (Phi) is 6.54. The molecule has 0 heterocycles. The van der Waals surface area contributed by atoms with Crippen LogP contribution in [0.5, 0.6) is 0 Å². The van der Waals surface area contributed by atoms with Gasteiger partial charge in [0.25, 0.3) is 0 Å². The van der Waals surface area contributed by atoms with Crippen LogP contribution in [-0.2, 0) is 4.79 Å². The lowest BCUT2D eigenvalue weighted by Crippen LogP contribution is -2.42. The van der Waals surface area contributed by atoms with Gasteiger partial charge in [-0.05, 0) is 26.7 Å². The zero-order chi connectivity index (χ0) is 11.1. The lowest BCUT2D eigenvalue weighted by molar-refractivity contribution is -0.120. The lowest BCUT2D eigenvalue weighted by Gasteiger charge is -2.19. The number of carbonyl (C=O) groups excluding carboxylic acids is 1. The van der Waals surface area contributed by atoms with Crippen molar-refractivity contribution in [2.45, 2.75) is 53.1 Å². The molecule has 84 valence electrons. The van der Waals surface area contributed by atoms with Gasteiger partial charge in [0.05, 0.1) is 6.54 Å². The van der Waals surface area contributed by atoms with E-state index in [0.717, 1.165) is 6.42 Å². The van der Waals surface area contributed by atoms with Crippen LogP contribution in [0.15, 0.2) is 0 Å². The minimum Gasteiger partial charge on any atom is -0.353 e. The van der Waals surface area contributed by atoms with E-state index in [0.29, 0.717) is 18.5 Å². The fourth-order valence-electron chi connectivity index (χ4n) is 1.18. The van der Waals surface area contributed by atoms with Gasteiger partial charge in [0.2, 0.25) is 5.91 Å². The molecule has 3 heteroatoms. The van der Waals surface area contributed by atoms with Crippen molar-refractivity contribution < 1.29 is 4.79 Å². The van der Waals surface area contributed by atoms with Crippen LogP contribution in [0, 0.1) is 5.92 Å². The third-order valence-corrected chi connectivity index (χ3v) is 2.53. The molecule has 0 fully saturated rings. The van der Waals surface area contributed by atoms with Crippen molar-refractivity contribution in [3.8, 4) is 0 Å². The number of rotatable bonds is 6. The third kappa shape index (κ3) is 5.97. The molecule has 1 amide bonds. The van der Waals surface area contributed by atoms with Crippen molar-refractivity contribution in [3.63, 3.8) is 0 Å². The lowest BCUT2D eigenvalue weighted by atomic mass is 10.0. The Hall–Kier alpha value is -0.570. The molecular formula is C11H24N2O. The highest BCUT2D eigenvalue weighted by molar-refractivity contribution is 5.78. The van der Waals surface area contributed by atoms with Crippen molar-refractivity contribution in [1.82, 2.24) is 10.6 Å². The summed E-state index contributed by atoms with van der Waals surface area (Å²) in [5.41, 5.74) is 0. The van der Waals surface area contributed by atoms with E-state index in [4.69, 9.17) is 0 Å². The van der Waals surface area contributed by atoms with Gasteiger partial charge in [-0.1, -0.05) is 20.3 Å². The Bertz CT molecular complexity index is 169. The summed E-state index contributed by atoms with van der Waals surface area (Å²) in [6.45, 7) is 10.8. The van der Waals surface area contributed by atoms with E-state index in [1.807, 2.05) is 13.8 Å². The maximum atomic E-state index is 11.3. The van der Waals surface area contributed by atoms with E-state index in [-0.39, 0.29) is 11.9 Å². The summed E-state index contributed by atoms with van der Waals surface area (Å²) in [5.74, 6) is 0.692. The topological polar surface area (TPSA) is 41.1 Å². The first-order valence-corrected chi connectivity index (χ1v) is 5.50. The van der Waals surface area contributed by atoms with Gasteiger partial charge in [-0.15, -0.1) is 0 Å². The number of hydrogen-bond acceptors (Lipinski definition) is 2. The summed E-state index contributed by atoms with van der Waals surface area (Å²) < 4.78 is 0. The van der Waals surface area contributed by atoms with Gasteiger partial charge >= 0.3 is 0 Å². The molecule has 0 aliphatic rings. The standard InChI is InChI=1S/C11H24N2O/c1-6-9(4)10(5)12-7-11(14)13-8(2)3/h8-10,12H,6-7H2,1-5H3,(H,13,14). The van der Waals surface area contributed by atoms with Gasteiger partial charge in [0.15, 0.2) is 0 Å². The second-order valence-electron chi connectivity index (χ2n) is 4.28. The first-order valence-electron chi connectivity index (χ1n) is 5.50. The van der Waals surface area contributed by atoms with Gasteiger partial charge in [-0.3, -0.25) is 4.79 Å². The third-order valence-electron chi connectivity index (χ3n) is 2.53. The molecule has 2 unspecified atom stereocenters. The molecule has 14 heavy (non-hydrogen) atoms. The minimum absolute atomic E-state index is 0.0788. The summed E-state index contributed by atoms with van der Waals surface area (Å²) in [4.78, 5) is 11.3. The molecule has 0 aliphatic carbocycles. The Morgan fingerprint density at radius 3 is 2.21 bits per heavy atom. The minimum atomic E-state index is 0.0788. The Labute approximate surface area is 87.6 Å². The SMILES string of the molecule is CCC(C)C(C)NCC(=O)NC(C)C. The molecule has 0 radical (unpaired) electrons. The Morgan fingerprint density at radius 2 is 1.79 bits per heavy atom. The van der Waals surface area contributed by atoms with E-state index in [1.54, 1.807) is 0 Å². The van der Waals surface area contributed by atoms with Crippen LogP contribution >= 0.6 is 0 Å². The van der Waals surface area contributed by atoms with Gasteiger partial charge in [-0.25, -0.2) is 0 Å². The van der Waals surface area contributed by atoms with E-state index < -0.39 is 0 Å². The van der Waals surface area contributed by atoms with Crippen molar-refractivity contribution in [2.24, 2.45) is 5.92 Å². The first kappa shape index (κ1) is 13.4. The van der Waals surface area contributed by atoms with Crippen LogP contribution < -0.4 is 10.6 Å². The molecular weight excluding hydrogens is 176 g/mol. The first-order chi connectivity index (χ1) is 6.47. The fraction of sp³-hybridized carbons (Fsp3) is 0.909. The summed E-state index contributed by atoms with van der Waals surface area (Å²) in [6, 6.07) is 0.626. The number of nitrogens with one attached hydrogen (secondary N) is 2. The zero-order valence-corrected chi connectivity index (χ0v) is 10.1. The largest absolute Gasteiger partial charge is 0.353 e. The molecule has 0 aromatic heterocycles. The highest BCUT2D eigenvalue weighted by Gasteiger charge is 2.11. The van der Waals surface area contributed by atoms with Crippen LogP contribution in [0.25, 0.3) is 0 Å². The molecule has 0 spiro atoms. The van der Waals surface area contributed by atoms with Crippen LogP contribution in [0.1, 0.15) is 41.0 Å². The Morgan fingerprint density at radius 1 is 1.21 bits per heavy atom. The van der Waals surface area contributed by atoms with Crippen LogP contribution in [-0.4, -0.2) is 24.5 Å². The fourth-order valence-corrected chi connectivity index (χ4v) is 1.18. The van der Waals surface area contributed by atoms with Gasteiger partial charge < -0.3 is 10.6 Å². The normalized spacial score (nSPS) is 15.3. The van der Waals surface area contributed by atoms with Gasteiger partial charge in [0.1, 0.15) is 0 Å². The maximum absolute atomic E-state index is 11.3. The number of hydrogen-bond donors (Lipinski definition) is 2.